The van der Waals surface area contributed by atoms with Crippen LogP contribution in [0.4, 0.5) is 10.1 Å². The van der Waals surface area contributed by atoms with Gasteiger partial charge in [0.1, 0.15) is 22.4 Å². The Morgan fingerprint density at radius 3 is 2.70 bits per heavy atom. The Hall–Kier alpha value is -2.72. The summed E-state index contributed by atoms with van der Waals surface area (Å²) in [5, 5.41) is 2.59. The van der Waals surface area contributed by atoms with Crippen molar-refractivity contribution in [3.63, 3.8) is 0 Å². The Balaban J connectivity index is 1.83. The van der Waals surface area contributed by atoms with E-state index in [0.717, 1.165) is 4.31 Å². The van der Waals surface area contributed by atoms with E-state index < -0.39 is 33.8 Å². The molecule has 1 aromatic carbocycles. The van der Waals surface area contributed by atoms with Crippen molar-refractivity contribution >= 4 is 27.6 Å². The molecule has 2 aromatic rings. The van der Waals surface area contributed by atoms with Crippen LogP contribution in [0.2, 0.25) is 0 Å². The summed E-state index contributed by atoms with van der Waals surface area (Å²) in [4.78, 5) is 24.7. The number of amides is 1. The molecule has 1 atom stereocenters. The van der Waals surface area contributed by atoms with E-state index in [-0.39, 0.29) is 29.4 Å². The number of rotatable bonds is 6. The molecule has 30 heavy (non-hydrogen) atoms. The maximum absolute atomic E-state index is 13.8. The number of nitrogens with zero attached hydrogens (tertiary/aromatic N) is 2. The number of anilines is 1. The number of ether oxygens (including phenoxy) is 1. The molecule has 0 unspecified atom stereocenters. The maximum Gasteiger partial charge on any atom is 0.354 e. The van der Waals surface area contributed by atoms with Crippen LogP contribution in [0.15, 0.2) is 35.4 Å². The molecule has 0 saturated carbocycles. The van der Waals surface area contributed by atoms with Gasteiger partial charge >= 0.3 is 5.97 Å². The highest BCUT2D eigenvalue weighted by Gasteiger charge is 2.40. The number of hydrogen-bond donors (Lipinski definition) is 1. The van der Waals surface area contributed by atoms with E-state index in [1.165, 1.54) is 29.0 Å². The molecule has 0 spiro atoms. The zero-order valence-electron chi connectivity index (χ0n) is 17.0. The zero-order chi connectivity index (χ0) is 22.1. The SMILES string of the molecule is CCOC(=O)c1cc(S(=O)(=O)N2CCC[C@@H]2C(=O)Nc2ccc(C)c(F)c2)cn1C. The van der Waals surface area contributed by atoms with Gasteiger partial charge in [-0.25, -0.2) is 17.6 Å². The number of halogens is 1. The molecule has 1 aromatic heterocycles. The quantitative estimate of drug-likeness (QED) is 0.700. The van der Waals surface area contributed by atoms with Crippen molar-refractivity contribution in [2.24, 2.45) is 7.05 Å². The van der Waals surface area contributed by atoms with Gasteiger partial charge in [0.25, 0.3) is 0 Å². The van der Waals surface area contributed by atoms with Gasteiger partial charge in [0.2, 0.25) is 15.9 Å². The summed E-state index contributed by atoms with van der Waals surface area (Å²) in [6, 6.07) is 4.62. The minimum Gasteiger partial charge on any atom is -0.461 e. The molecule has 3 rings (SSSR count). The largest absolute Gasteiger partial charge is 0.461 e. The Morgan fingerprint density at radius 1 is 1.30 bits per heavy atom. The monoisotopic (exact) mass is 437 g/mol. The Bertz CT molecular complexity index is 1080. The third-order valence-electron chi connectivity index (χ3n) is 5.02. The summed E-state index contributed by atoms with van der Waals surface area (Å²) in [6.45, 7) is 3.61. The molecule has 1 aliphatic heterocycles. The van der Waals surface area contributed by atoms with Gasteiger partial charge < -0.3 is 14.6 Å². The van der Waals surface area contributed by atoms with Gasteiger partial charge in [0.15, 0.2) is 0 Å². The van der Waals surface area contributed by atoms with Crippen molar-refractivity contribution < 1.29 is 27.1 Å². The number of sulfonamides is 1. The van der Waals surface area contributed by atoms with Gasteiger partial charge in [-0.1, -0.05) is 6.07 Å². The highest BCUT2D eigenvalue weighted by Crippen LogP contribution is 2.28. The number of aromatic nitrogens is 1. The lowest BCUT2D eigenvalue weighted by molar-refractivity contribution is -0.119. The lowest BCUT2D eigenvalue weighted by Crippen LogP contribution is -2.43. The second-order valence-corrected chi connectivity index (χ2v) is 9.01. The van der Waals surface area contributed by atoms with Gasteiger partial charge in [-0.05, 0) is 50.5 Å². The first-order valence-electron chi connectivity index (χ1n) is 9.57. The highest BCUT2D eigenvalue weighted by atomic mass is 32.2. The maximum atomic E-state index is 13.8. The zero-order valence-corrected chi connectivity index (χ0v) is 17.8. The fraction of sp³-hybridized carbons (Fsp3) is 0.400. The van der Waals surface area contributed by atoms with E-state index in [9.17, 15) is 22.4 Å². The third kappa shape index (κ3) is 4.24. The number of carbonyl (C=O) groups is 2. The molecule has 1 N–H and O–H groups in total. The summed E-state index contributed by atoms with van der Waals surface area (Å²) < 4.78 is 47.5. The lowest BCUT2D eigenvalue weighted by Gasteiger charge is -2.23. The highest BCUT2D eigenvalue weighted by molar-refractivity contribution is 7.89. The van der Waals surface area contributed by atoms with E-state index in [2.05, 4.69) is 5.32 Å². The Labute approximate surface area is 174 Å². The molecule has 1 saturated heterocycles. The minimum atomic E-state index is -4.02. The standard InChI is InChI=1S/C20H24FN3O5S/c1-4-29-20(26)18-11-15(12-23(18)3)30(27,28)24-9-5-6-17(24)19(25)22-14-8-7-13(2)16(21)10-14/h7-8,10-12,17H,4-6,9H2,1-3H3,(H,22,25)/t17-/m1/s1. The fourth-order valence-corrected chi connectivity index (χ4v) is 5.13. The molecule has 8 nitrogen and oxygen atoms in total. The number of hydrogen-bond acceptors (Lipinski definition) is 5. The smallest absolute Gasteiger partial charge is 0.354 e. The van der Waals surface area contributed by atoms with E-state index >= 15 is 0 Å². The van der Waals surface area contributed by atoms with Crippen LogP contribution in [0.5, 0.6) is 0 Å². The van der Waals surface area contributed by atoms with Crippen LogP contribution in [-0.2, 0) is 26.6 Å². The van der Waals surface area contributed by atoms with E-state index in [1.807, 2.05) is 0 Å². The molecule has 0 radical (unpaired) electrons. The van der Waals surface area contributed by atoms with Crippen molar-refractivity contribution in [3.8, 4) is 0 Å². The molecule has 1 aliphatic rings. The molecular formula is C20H24FN3O5S. The van der Waals surface area contributed by atoms with Crippen LogP contribution in [0, 0.1) is 12.7 Å². The van der Waals surface area contributed by atoms with Crippen LogP contribution < -0.4 is 5.32 Å². The topological polar surface area (TPSA) is 97.7 Å². The number of aryl methyl sites for hydroxylation is 2. The van der Waals surface area contributed by atoms with Crippen molar-refractivity contribution in [3.05, 3.63) is 47.5 Å². The molecule has 0 aliphatic carbocycles. The van der Waals surface area contributed by atoms with Gasteiger partial charge in [-0.3, -0.25) is 4.79 Å². The number of esters is 1. The van der Waals surface area contributed by atoms with Crippen molar-refractivity contribution in [1.82, 2.24) is 8.87 Å². The van der Waals surface area contributed by atoms with Crippen LogP contribution in [0.1, 0.15) is 35.8 Å². The lowest BCUT2D eigenvalue weighted by atomic mass is 10.2. The number of benzene rings is 1. The molecule has 1 fully saturated rings. The molecule has 0 bridgehead atoms. The van der Waals surface area contributed by atoms with Crippen molar-refractivity contribution in [2.75, 3.05) is 18.5 Å². The normalized spacial score (nSPS) is 17.1. The van der Waals surface area contributed by atoms with Gasteiger partial charge in [0.05, 0.1) is 6.61 Å². The number of nitrogens with one attached hydrogen (secondary N) is 1. The third-order valence-corrected chi connectivity index (χ3v) is 6.89. The predicted molar refractivity (Wildman–Crippen MR) is 108 cm³/mol. The Kier molecular flexibility index (Phi) is 6.27. The first kappa shape index (κ1) is 22.0. The first-order chi connectivity index (χ1) is 14.1. The van der Waals surface area contributed by atoms with Gasteiger partial charge in [-0.2, -0.15) is 4.31 Å². The summed E-state index contributed by atoms with van der Waals surface area (Å²) in [7, 11) is -2.47. The average Bonchev–Trinajstić information content (AvgIpc) is 3.32. The molecule has 162 valence electrons. The van der Waals surface area contributed by atoms with Crippen LogP contribution in [-0.4, -0.2) is 48.4 Å². The average molecular weight is 437 g/mol. The number of carbonyl (C=O) groups excluding carboxylic acids is 2. The summed E-state index contributed by atoms with van der Waals surface area (Å²) in [5.41, 5.74) is 0.807. The van der Waals surface area contributed by atoms with Crippen LogP contribution in [0.25, 0.3) is 0 Å². The molecular weight excluding hydrogens is 413 g/mol. The summed E-state index contributed by atoms with van der Waals surface area (Å²) in [5.74, 6) is -1.61. The predicted octanol–water partition coefficient (Wildman–Crippen LogP) is 2.44. The summed E-state index contributed by atoms with van der Waals surface area (Å²) in [6.07, 6.45) is 2.18. The van der Waals surface area contributed by atoms with Crippen molar-refractivity contribution in [2.45, 2.75) is 37.6 Å². The minimum absolute atomic E-state index is 0.0888. The Morgan fingerprint density at radius 2 is 2.03 bits per heavy atom. The second-order valence-electron chi connectivity index (χ2n) is 7.12. The van der Waals surface area contributed by atoms with E-state index in [1.54, 1.807) is 27.0 Å². The van der Waals surface area contributed by atoms with E-state index in [0.29, 0.717) is 18.4 Å². The van der Waals surface area contributed by atoms with E-state index in [4.69, 9.17) is 4.74 Å². The van der Waals surface area contributed by atoms with Gasteiger partial charge in [0, 0.05) is 25.5 Å². The van der Waals surface area contributed by atoms with Crippen LogP contribution >= 0.6 is 0 Å². The molecule has 10 heteroatoms. The fourth-order valence-electron chi connectivity index (χ4n) is 3.40. The molecule has 1 amide bonds. The van der Waals surface area contributed by atoms with Crippen molar-refractivity contribution in [1.29, 1.82) is 0 Å². The van der Waals surface area contributed by atoms with Gasteiger partial charge in [-0.15, -0.1) is 0 Å². The summed E-state index contributed by atoms with van der Waals surface area (Å²) >= 11 is 0. The molecule has 2 heterocycles. The first-order valence-corrected chi connectivity index (χ1v) is 11.0. The second kappa shape index (κ2) is 8.57. The van der Waals surface area contributed by atoms with Crippen LogP contribution in [0.3, 0.4) is 0 Å².